The number of nitrogens with two attached hydrogens (primary N) is 1. The second kappa shape index (κ2) is 7.44. The van der Waals surface area contributed by atoms with Crippen molar-refractivity contribution in [2.24, 2.45) is 5.73 Å². The van der Waals surface area contributed by atoms with E-state index in [2.05, 4.69) is 11.8 Å². The number of carbonyl (C=O) groups is 1. The third kappa shape index (κ3) is 3.60. The van der Waals surface area contributed by atoms with Gasteiger partial charge in [0.15, 0.2) is 0 Å². The van der Waals surface area contributed by atoms with Gasteiger partial charge >= 0.3 is 0 Å². The number of likely N-dealkylation sites (tertiary alicyclic amines) is 1. The highest BCUT2D eigenvalue weighted by atomic mass is 16.2. The molecule has 1 unspecified atom stereocenters. The fraction of sp³-hybridized carbons (Fsp3) is 0.588. The molecule has 2 N–H and O–H groups in total. The first-order chi connectivity index (χ1) is 9.76. The Hall–Kier alpha value is -1.35. The number of hydrogen-bond acceptors (Lipinski definition) is 2. The standard InChI is InChI=1S/C17H26N2O/c1-2-6-16-9-3-4-12-19(16)17(20)15-8-5-7-14(13-15)10-11-18/h5,7-8,13,16H,2-4,6,9-12,18H2,1H3. The Kier molecular flexibility index (Phi) is 5.60. The van der Waals surface area contributed by atoms with Crippen LogP contribution >= 0.6 is 0 Å². The van der Waals surface area contributed by atoms with Crippen LogP contribution < -0.4 is 5.73 Å². The van der Waals surface area contributed by atoms with Gasteiger partial charge in [-0.05, 0) is 56.3 Å². The second-order valence-electron chi connectivity index (χ2n) is 5.68. The topological polar surface area (TPSA) is 46.3 Å². The lowest BCUT2D eigenvalue weighted by atomic mass is 9.97. The molecule has 1 amide bonds. The van der Waals surface area contributed by atoms with Crippen LogP contribution in [0.2, 0.25) is 0 Å². The minimum Gasteiger partial charge on any atom is -0.336 e. The molecule has 0 bridgehead atoms. The van der Waals surface area contributed by atoms with Crippen LogP contribution in [-0.4, -0.2) is 29.9 Å². The summed E-state index contributed by atoms with van der Waals surface area (Å²) in [6, 6.07) is 8.38. The molecular weight excluding hydrogens is 248 g/mol. The summed E-state index contributed by atoms with van der Waals surface area (Å²) in [5.41, 5.74) is 7.57. The lowest BCUT2D eigenvalue weighted by Crippen LogP contribution is -2.43. The molecule has 3 nitrogen and oxygen atoms in total. The van der Waals surface area contributed by atoms with Crippen LogP contribution in [-0.2, 0) is 6.42 Å². The van der Waals surface area contributed by atoms with E-state index in [9.17, 15) is 4.79 Å². The lowest BCUT2D eigenvalue weighted by molar-refractivity contribution is 0.0600. The van der Waals surface area contributed by atoms with Gasteiger partial charge in [0.05, 0.1) is 0 Å². The third-order valence-corrected chi connectivity index (χ3v) is 4.12. The summed E-state index contributed by atoms with van der Waals surface area (Å²) in [6.07, 6.45) is 6.63. The first kappa shape index (κ1) is 15.0. The highest BCUT2D eigenvalue weighted by Gasteiger charge is 2.26. The van der Waals surface area contributed by atoms with E-state index >= 15 is 0 Å². The zero-order chi connectivity index (χ0) is 14.4. The summed E-state index contributed by atoms with van der Waals surface area (Å²) >= 11 is 0. The van der Waals surface area contributed by atoms with Crippen molar-refractivity contribution in [3.8, 4) is 0 Å². The quantitative estimate of drug-likeness (QED) is 0.897. The summed E-state index contributed by atoms with van der Waals surface area (Å²) in [6.45, 7) is 3.73. The first-order valence-corrected chi connectivity index (χ1v) is 7.86. The van der Waals surface area contributed by atoms with Crippen LogP contribution in [0.4, 0.5) is 0 Å². The predicted octanol–water partition coefficient (Wildman–Crippen LogP) is 2.98. The molecule has 1 fully saturated rings. The van der Waals surface area contributed by atoms with E-state index in [1.165, 1.54) is 6.42 Å². The molecular formula is C17H26N2O. The van der Waals surface area contributed by atoms with Crippen LogP contribution in [0.3, 0.4) is 0 Å². The van der Waals surface area contributed by atoms with Gasteiger partial charge in [-0.25, -0.2) is 0 Å². The van der Waals surface area contributed by atoms with Crippen molar-refractivity contribution in [1.82, 2.24) is 4.90 Å². The average molecular weight is 274 g/mol. The van der Waals surface area contributed by atoms with Crippen molar-refractivity contribution in [3.63, 3.8) is 0 Å². The van der Waals surface area contributed by atoms with Gasteiger partial charge in [0.2, 0.25) is 0 Å². The Bertz CT molecular complexity index is 442. The largest absolute Gasteiger partial charge is 0.336 e. The van der Waals surface area contributed by atoms with Crippen LogP contribution in [0.1, 0.15) is 54.9 Å². The average Bonchev–Trinajstić information content (AvgIpc) is 2.48. The number of rotatable bonds is 5. The van der Waals surface area contributed by atoms with Gasteiger partial charge in [-0.15, -0.1) is 0 Å². The van der Waals surface area contributed by atoms with Gasteiger partial charge in [-0.2, -0.15) is 0 Å². The lowest BCUT2D eigenvalue weighted by Gasteiger charge is -2.36. The Labute approximate surface area is 122 Å². The SMILES string of the molecule is CCCC1CCCCN1C(=O)c1cccc(CCN)c1. The maximum absolute atomic E-state index is 12.7. The molecule has 3 heteroatoms. The fourth-order valence-electron chi connectivity index (χ4n) is 3.09. The number of piperidine rings is 1. The number of hydrogen-bond donors (Lipinski definition) is 1. The zero-order valence-electron chi connectivity index (χ0n) is 12.5. The van der Waals surface area contributed by atoms with Crippen molar-refractivity contribution in [3.05, 3.63) is 35.4 Å². The molecule has 20 heavy (non-hydrogen) atoms. The molecule has 1 aromatic rings. The molecule has 1 atom stereocenters. The van der Waals surface area contributed by atoms with E-state index in [0.717, 1.165) is 49.8 Å². The van der Waals surface area contributed by atoms with Crippen molar-refractivity contribution in [2.75, 3.05) is 13.1 Å². The highest BCUT2D eigenvalue weighted by molar-refractivity contribution is 5.94. The maximum atomic E-state index is 12.7. The minimum absolute atomic E-state index is 0.196. The van der Waals surface area contributed by atoms with E-state index in [-0.39, 0.29) is 5.91 Å². The van der Waals surface area contributed by atoms with Crippen LogP contribution in [0, 0.1) is 0 Å². The Balaban J connectivity index is 2.13. The molecule has 0 aromatic heterocycles. The molecule has 1 saturated heterocycles. The van der Waals surface area contributed by atoms with Gasteiger partial charge in [-0.1, -0.05) is 25.5 Å². The van der Waals surface area contributed by atoms with Crippen molar-refractivity contribution < 1.29 is 4.79 Å². The van der Waals surface area contributed by atoms with Gasteiger partial charge in [0.1, 0.15) is 0 Å². The van der Waals surface area contributed by atoms with Gasteiger partial charge in [0, 0.05) is 18.2 Å². The molecule has 110 valence electrons. The van der Waals surface area contributed by atoms with Crippen LogP contribution in [0.5, 0.6) is 0 Å². The summed E-state index contributed by atoms with van der Waals surface area (Å²) in [5, 5.41) is 0. The molecule has 1 heterocycles. The van der Waals surface area contributed by atoms with E-state index < -0.39 is 0 Å². The summed E-state index contributed by atoms with van der Waals surface area (Å²) in [5.74, 6) is 0.196. The van der Waals surface area contributed by atoms with Gasteiger partial charge in [-0.3, -0.25) is 4.79 Å². The smallest absolute Gasteiger partial charge is 0.254 e. The van der Waals surface area contributed by atoms with Crippen molar-refractivity contribution >= 4 is 5.91 Å². The number of carbonyl (C=O) groups excluding carboxylic acids is 1. The minimum atomic E-state index is 0.196. The second-order valence-corrected chi connectivity index (χ2v) is 5.68. The highest BCUT2D eigenvalue weighted by Crippen LogP contribution is 2.23. The Morgan fingerprint density at radius 3 is 3.00 bits per heavy atom. The Morgan fingerprint density at radius 2 is 2.25 bits per heavy atom. The van der Waals surface area contributed by atoms with E-state index in [4.69, 9.17) is 5.73 Å². The van der Waals surface area contributed by atoms with Gasteiger partial charge < -0.3 is 10.6 Å². The number of amides is 1. The van der Waals surface area contributed by atoms with Crippen molar-refractivity contribution in [1.29, 1.82) is 0 Å². The van der Waals surface area contributed by atoms with E-state index in [1.54, 1.807) is 0 Å². The normalized spacial score (nSPS) is 19.1. The van der Waals surface area contributed by atoms with E-state index in [0.29, 0.717) is 12.6 Å². The predicted molar refractivity (Wildman–Crippen MR) is 82.8 cm³/mol. The third-order valence-electron chi connectivity index (χ3n) is 4.12. The molecule has 1 aromatic carbocycles. The number of nitrogens with zero attached hydrogens (tertiary/aromatic N) is 1. The molecule has 0 saturated carbocycles. The van der Waals surface area contributed by atoms with Crippen LogP contribution in [0.25, 0.3) is 0 Å². The first-order valence-electron chi connectivity index (χ1n) is 7.86. The molecule has 2 rings (SSSR count). The summed E-state index contributed by atoms with van der Waals surface area (Å²) < 4.78 is 0. The molecule has 1 aliphatic rings. The Morgan fingerprint density at radius 1 is 1.40 bits per heavy atom. The fourth-order valence-corrected chi connectivity index (χ4v) is 3.09. The molecule has 0 spiro atoms. The van der Waals surface area contributed by atoms with Gasteiger partial charge in [0.25, 0.3) is 5.91 Å². The number of benzene rings is 1. The summed E-state index contributed by atoms with van der Waals surface area (Å²) in [4.78, 5) is 14.8. The van der Waals surface area contributed by atoms with Crippen LogP contribution in [0.15, 0.2) is 24.3 Å². The maximum Gasteiger partial charge on any atom is 0.254 e. The van der Waals surface area contributed by atoms with Crippen molar-refractivity contribution in [2.45, 2.75) is 51.5 Å². The zero-order valence-corrected chi connectivity index (χ0v) is 12.5. The monoisotopic (exact) mass is 274 g/mol. The van der Waals surface area contributed by atoms with E-state index in [1.807, 2.05) is 24.3 Å². The molecule has 0 radical (unpaired) electrons. The molecule has 1 aliphatic heterocycles. The molecule has 0 aliphatic carbocycles. The summed E-state index contributed by atoms with van der Waals surface area (Å²) in [7, 11) is 0.